The lowest BCUT2D eigenvalue weighted by Crippen LogP contribution is -2.54. The maximum Gasteiger partial charge on any atom is 0.240 e. The molecule has 0 bridgehead atoms. The SMILES string of the molecule is CCCC(N)C(=O)N(Cc1ccccc1)[C@H]1C(O)[C@@H](CO)O[C@H]1n1cnc2c(N)ncnc21.CCCC(N)C(=O)N[C@H]1C(O)[C@@H](CO)O[C@H]1n1cnc2c(N)ccc(F)c21.CCCC(NCOCOC)C(=O)N[C@H]1C(O)[C@@H](CO)O[C@H]1n1cnc2c(N)ccnc21. The molecule has 0 radical (unpaired) electrons. The van der Waals surface area contributed by atoms with Gasteiger partial charge >= 0.3 is 0 Å². The van der Waals surface area contributed by atoms with Crippen molar-refractivity contribution < 1.29 is 73.1 Å². The normalized spacial score (nSPS) is 24.8. The number of hydrogen-bond donors (Lipinski definition) is 14. The van der Waals surface area contributed by atoms with Crippen molar-refractivity contribution in [3.8, 4) is 0 Å². The number of pyridine rings is 1. The Kier molecular flexibility index (Phi) is 24.3. The number of nitrogen functional groups attached to an aromatic ring is 3. The lowest BCUT2D eigenvalue weighted by Gasteiger charge is -2.35. The number of halogens is 1. The predicted octanol–water partition coefficient (Wildman–Crippen LogP) is -1.11. The van der Waals surface area contributed by atoms with Gasteiger partial charge in [0, 0.05) is 19.9 Å². The summed E-state index contributed by atoms with van der Waals surface area (Å²) in [5.41, 5.74) is 33.4. The Balaban J connectivity index is 0.000000177. The Morgan fingerprint density at radius 3 is 1.85 bits per heavy atom. The topological polar surface area (TPSA) is 480 Å². The second-order valence-electron chi connectivity index (χ2n) is 22.1. The Bertz CT molecular complexity index is 3500. The van der Waals surface area contributed by atoms with Crippen LogP contribution in [0.2, 0.25) is 0 Å². The van der Waals surface area contributed by atoms with Crippen LogP contribution in [-0.2, 0) is 44.6 Å². The molecule has 3 saturated heterocycles. The van der Waals surface area contributed by atoms with Crippen LogP contribution in [0.1, 0.15) is 83.5 Å². The number of aliphatic hydroxyl groups is 6. The van der Waals surface area contributed by atoms with Gasteiger partial charge < -0.3 is 98.5 Å². The van der Waals surface area contributed by atoms with Crippen LogP contribution in [0.5, 0.6) is 0 Å². The van der Waals surface area contributed by atoms with Crippen LogP contribution in [0.15, 0.2) is 80.0 Å². The first-order valence-electron chi connectivity index (χ1n) is 29.9. The number of anilines is 3. The highest BCUT2D eigenvalue weighted by Gasteiger charge is 2.51. The third kappa shape index (κ3) is 15.4. The quantitative estimate of drug-likeness (QED) is 0.0183. The van der Waals surface area contributed by atoms with E-state index in [0.717, 1.165) is 24.8 Å². The minimum atomic E-state index is -1.21. The van der Waals surface area contributed by atoms with Gasteiger partial charge in [-0.15, -0.1) is 0 Å². The molecule has 3 amide bonds. The average molecular weight is 1280 g/mol. The summed E-state index contributed by atoms with van der Waals surface area (Å²) in [5.74, 6) is -1.46. The van der Waals surface area contributed by atoms with Gasteiger partial charge in [-0.1, -0.05) is 70.4 Å². The molecule has 2 aromatic carbocycles. The van der Waals surface area contributed by atoms with Gasteiger partial charge in [0.15, 0.2) is 35.8 Å². The van der Waals surface area contributed by atoms with Crippen molar-refractivity contribution in [2.24, 2.45) is 11.5 Å². The molecule has 5 aromatic heterocycles. The fraction of sp³-hybridized carbons (Fsp3) is 0.534. The highest BCUT2D eigenvalue weighted by atomic mass is 19.1. The zero-order valence-electron chi connectivity index (χ0n) is 50.8. The summed E-state index contributed by atoms with van der Waals surface area (Å²) in [6.45, 7) is 4.96. The fourth-order valence-electron chi connectivity index (χ4n) is 11.2. The van der Waals surface area contributed by atoms with Crippen LogP contribution in [0, 0.1) is 5.82 Å². The van der Waals surface area contributed by atoms with Crippen molar-refractivity contribution in [2.75, 3.05) is 57.7 Å². The van der Waals surface area contributed by atoms with Crippen LogP contribution < -0.4 is 44.6 Å². The molecule has 6 unspecified atom stereocenters. The zero-order valence-corrected chi connectivity index (χ0v) is 50.8. The molecule has 0 saturated carbocycles. The van der Waals surface area contributed by atoms with E-state index in [1.54, 1.807) is 21.4 Å². The van der Waals surface area contributed by atoms with Gasteiger partial charge in [0.25, 0.3) is 0 Å². The molecular formula is C58H83FN18O14. The van der Waals surface area contributed by atoms with Crippen LogP contribution in [0.4, 0.5) is 21.6 Å². The van der Waals surface area contributed by atoms with Crippen molar-refractivity contribution in [1.29, 1.82) is 0 Å². The molecule has 10 rings (SSSR count). The molecule has 0 aliphatic carbocycles. The summed E-state index contributed by atoms with van der Waals surface area (Å²) in [6.07, 6.45) is 1.95. The van der Waals surface area contributed by atoms with Gasteiger partial charge in [-0.05, 0) is 43.0 Å². The molecule has 19 N–H and O–H groups in total. The van der Waals surface area contributed by atoms with E-state index >= 15 is 0 Å². The Morgan fingerprint density at radius 1 is 0.659 bits per heavy atom. The van der Waals surface area contributed by atoms with Gasteiger partial charge in [-0.3, -0.25) is 33.4 Å². The molecule has 15 atom stereocenters. The third-order valence-electron chi connectivity index (χ3n) is 15.9. The van der Waals surface area contributed by atoms with Crippen molar-refractivity contribution in [2.45, 2.75) is 157 Å². The zero-order chi connectivity index (χ0) is 65.6. The standard InChI is InChI=1S/C22H29N7O4.C19H30N6O6.C17H24FN5O4/c1-2-6-14(23)21(32)28(9-13-7-4-3-5-8-13)17-18(31)15(10-30)33-22(17)29-12-27-16-19(24)25-11-26-20(16)29;1-3-4-12(23-9-30-10-29-2)18(28)24-15-16(27)13(7-26)31-19(15)25-8-22-14-11(20)5-6-21-17(14)25;1-2-3-10(20)16(26)22-13-15(25)11(6-24)27-17(13)23-7-21-12-9(19)5-4-8(18)14(12)23/h3-5,7-8,11-12,14-15,17-18,22,30-31H,2,6,9-10,23H2,1H3,(H2,24,25,26);5-6,8,12-13,15-16,19,23,26-27H,3-4,7,9-10H2,1-2H3,(H2,20,21)(H,24,28);4-5,7,10-11,13,15,17,24-25H,2-3,6,19-20H2,1H3,(H,22,26)/t14?,15-,17+,18?,22-;12?,13-,15+,16?,19-;10?,11-,13+,15?,17-/m111/s1. The Hall–Kier alpha value is -7.74. The summed E-state index contributed by atoms with van der Waals surface area (Å²) >= 11 is 0. The maximum atomic E-state index is 14.4. The van der Waals surface area contributed by atoms with Gasteiger partial charge in [-0.25, -0.2) is 34.3 Å². The van der Waals surface area contributed by atoms with Gasteiger partial charge in [-0.2, -0.15) is 0 Å². The van der Waals surface area contributed by atoms with Crippen molar-refractivity contribution in [1.82, 2.24) is 64.5 Å². The number of amides is 3. The number of imidazole rings is 3. The number of nitrogens with one attached hydrogen (secondary N) is 3. The number of fused-ring (bicyclic) bond motifs is 3. The lowest BCUT2D eigenvalue weighted by atomic mass is 10.0. The summed E-state index contributed by atoms with van der Waals surface area (Å²) in [6, 6.07) is 8.99. The minimum absolute atomic E-state index is 0.0860. The van der Waals surface area contributed by atoms with E-state index < -0.39 is 123 Å². The van der Waals surface area contributed by atoms with Crippen molar-refractivity contribution >= 4 is 68.3 Å². The molecule has 7 aromatic rings. The number of hydrogen-bond acceptors (Lipinski definition) is 26. The van der Waals surface area contributed by atoms with E-state index in [0.29, 0.717) is 47.3 Å². The van der Waals surface area contributed by atoms with Gasteiger partial charge in [0.2, 0.25) is 17.7 Å². The van der Waals surface area contributed by atoms with Gasteiger partial charge in [0.1, 0.15) is 95.8 Å². The van der Waals surface area contributed by atoms with E-state index in [9.17, 15) is 49.4 Å². The average Bonchev–Trinajstić information content (AvgIpc) is 1.64. The minimum Gasteiger partial charge on any atom is -0.397 e. The monoisotopic (exact) mass is 1270 g/mol. The highest BCUT2D eigenvalue weighted by molar-refractivity contribution is 5.88. The first-order valence-corrected chi connectivity index (χ1v) is 29.9. The fourth-order valence-corrected chi connectivity index (χ4v) is 11.2. The number of nitrogens with zero attached hydrogens (tertiary/aromatic N) is 10. The molecule has 496 valence electrons. The second kappa shape index (κ2) is 32.0. The van der Waals surface area contributed by atoms with E-state index in [1.807, 2.05) is 51.1 Å². The van der Waals surface area contributed by atoms with Crippen LogP contribution in [0.25, 0.3) is 33.4 Å². The maximum absolute atomic E-state index is 14.4. The number of aromatic nitrogens is 9. The molecule has 33 heteroatoms. The Labute approximate surface area is 522 Å². The smallest absolute Gasteiger partial charge is 0.240 e. The summed E-state index contributed by atoms with van der Waals surface area (Å²) in [7, 11) is 1.51. The van der Waals surface area contributed by atoms with Crippen molar-refractivity contribution in [3.05, 3.63) is 91.4 Å². The molecule has 8 heterocycles. The van der Waals surface area contributed by atoms with Crippen LogP contribution in [-0.4, -0.2) is 210 Å². The number of benzene rings is 2. The number of aliphatic hydroxyl groups excluding tert-OH is 6. The first kappa shape index (κ1) is 69.2. The van der Waals surface area contributed by atoms with E-state index in [-0.39, 0.29) is 54.4 Å². The third-order valence-corrected chi connectivity index (χ3v) is 15.9. The van der Waals surface area contributed by atoms with Gasteiger partial charge in [0.05, 0.1) is 75.0 Å². The molecule has 32 nitrogen and oxygen atoms in total. The molecular weight excluding hydrogens is 1190 g/mol. The molecule has 91 heavy (non-hydrogen) atoms. The van der Waals surface area contributed by atoms with E-state index in [2.05, 4.69) is 45.9 Å². The Morgan fingerprint density at radius 2 is 1.21 bits per heavy atom. The molecule has 3 fully saturated rings. The molecule has 0 spiro atoms. The largest absolute Gasteiger partial charge is 0.397 e. The first-order chi connectivity index (χ1) is 43.9. The molecule has 3 aliphatic heterocycles. The van der Waals surface area contributed by atoms with E-state index in [1.165, 1.54) is 54.0 Å². The summed E-state index contributed by atoms with van der Waals surface area (Å²) in [4.78, 5) is 65.6. The number of rotatable bonds is 25. The number of carbonyl (C=O) groups excluding carboxylic acids is 3. The summed E-state index contributed by atoms with van der Waals surface area (Å²) < 4.78 is 46.6. The number of nitrogens with two attached hydrogens (primary N) is 5. The number of ether oxygens (including phenoxy) is 5. The highest BCUT2D eigenvalue weighted by Crippen LogP contribution is 2.38. The lowest BCUT2D eigenvalue weighted by molar-refractivity contribution is -0.140. The van der Waals surface area contributed by atoms with Crippen LogP contribution in [0.3, 0.4) is 0 Å². The van der Waals surface area contributed by atoms with E-state index in [4.69, 9.17) is 52.4 Å². The number of methoxy groups -OCH3 is 1. The summed E-state index contributed by atoms with van der Waals surface area (Å²) in [5, 5.41) is 69.8. The second-order valence-corrected chi connectivity index (χ2v) is 22.1. The van der Waals surface area contributed by atoms with Crippen LogP contribution >= 0.6 is 0 Å². The predicted molar refractivity (Wildman–Crippen MR) is 327 cm³/mol. The molecule has 3 aliphatic rings. The van der Waals surface area contributed by atoms with Crippen molar-refractivity contribution in [3.63, 3.8) is 0 Å². The number of carbonyl (C=O) groups is 3.